The SMILES string of the molecule is CN1C(=O)c2ccc(NC(=O)COC(=O)c3ccc(S(N)(=O)=O)cc3)cc2C1=O. The van der Waals surface area contributed by atoms with Crippen LogP contribution in [0.25, 0.3) is 0 Å². The Morgan fingerprint density at radius 3 is 2.28 bits per heavy atom. The minimum Gasteiger partial charge on any atom is -0.452 e. The van der Waals surface area contributed by atoms with Gasteiger partial charge >= 0.3 is 5.97 Å². The van der Waals surface area contributed by atoms with Crippen LogP contribution in [-0.2, 0) is 19.6 Å². The largest absolute Gasteiger partial charge is 0.452 e. The first kappa shape index (κ1) is 20.2. The molecule has 0 spiro atoms. The Hall–Kier alpha value is -3.57. The van der Waals surface area contributed by atoms with Crippen LogP contribution in [0.5, 0.6) is 0 Å². The maximum absolute atomic E-state index is 12.0. The number of anilines is 1. The van der Waals surface area contributed by atoms with Crippen molar-refractivity contribution in [2.45, 2.75) is 4.90 Å². The fourth-order valence-electron chi connectivity index (χ4n) is 2.63. The molecule has 0 atom stereocenters. The van der Waals surface area contributed by atoms with Gasteiger partial charge in [-0.25, -0.2) is 18.4 Å². The highest BCUT2D eigenvalue weighted by molar-refractivity contribution is 7.89. The van der Waals surface area contributed by atoms with Crippen LogP contribution in [0.4, 0.5) is 5.69 Å². The Bertz CT molecular complexity index is 1140. The van der Waals surface area contributed by atoms with Crippen LogP contribution in [-0.4, -0.2) is 50.7 Å². The predicted octanol–water partition coefficient (Wildman–Crippen LogP) is 0.355. The summed E-state index contributed by atoms with van der Waals surface area (Å²) in [4.78, 5) is 48.6. The average Bonchev–Trinajstić information content (AvgIpc) is 2.89. The molecule has 11 heteroatoms. The standard InChI is InChI=1S/C18H15N3O7S/c1-21-16(23)13-7-4-11(8-14(13)17(21)24)20-15(22)9-28-18(25)10-2-5-12(6-3-10)29(19,26)27/h2-8H,9H2,1H3,(H,20,22)(H2,19,26,27). The zero-order valence-corrected chi connectivity index (χ0v) is 15.9. The summed E-state index contributed by atoms with van der Waals surface area (Å²) in [5.41, 5.74) is 0.709. The molecule has 1 aliphatic heterocycles. The van der Waals surface area contributed by atoms with Gasteiger partial charge in [0.1, 0.15) is 0 Å². The number of esters is 1. The van der Waals surface area contributed by atoms with Gasteiger partial charge in [-0.1, -0.05) is 0 Å². The summed E-state index contributed by atoms with van der Waals surface area (Å²) < 4.78 is 27.3. The number of hydrogen-bond donors (Lipinski definition) is 2. The van der Waals surface area contributed by atoms with Crippen LogP contribution in [0.2, 0.25) is 0 Å². The lowest BCUT2D eigenvalue weighted by atomic mass is 10.1. The lowest BCUT2D eigenvalue weighted by Crippen LogP contribution is -2.24. The van der Waals surface area contributed by atoms with Gasteiger partial charge in [-0.05, 0) is 42.5 Å². The number of rotatable bonds is 5. The van der Waals surface area contributed by atoms with Gasteiger partial charge in [0, 0.05) is 12.7 Å². The number of carbonyl (C=O) groups is 4. The van der Waals surface area contributed by atoms with Crippen molar-refractivity contribution in [3.63, 3.8) is 0 Å². The molecular formula is C18H15N3O7S. The number of amides is 3. The summed E-state index contributed by atoms with van der Waals surface area (Å²) >= 11 is 0. The van der Waals surface area contributed by atoms with Crippen LogP contribution in [0.15, 0.2) is 47.4 Å². The van der Waals surface area contributed by atoms with E-state index in [9.17, 15) is 27.6 Å². The van der Waals surface area contributed by atoms with Crippen molar-refractivity contribution in [2.24, 2.45) is 5.14 Å². The molecular weight excluding hydrogens is 402 g/mol. The molecule has 10 nitrogen and oxygen atoms in total. The number of sulfonamides is 1. The van der Waals surface area contributed by atoms with Gasteiger partial charge in [-0.2, -0.15) is 0 Å². The molecule has 0 saturated heterocycles. The van der Waals surface area contributed by atoms with Crippen molar-refractivity contribution < 1.29 is 32.3 Å². The molecule has 0 aliphatic carbocycles. The smallest absolute Gasteiger partial charge is 0.338 e. The van der Waals surface area contributed by atoms with E-state index in [0.29, 0.717) is 0 Å². The lowest BCUT2D eigenvalue weighted by molar-refractivity contribution is -0.119. The Labute approximate surface area is 165 Å². The van der Waals surface area contributed by atoms with E-state index < -0.39 is 40.3 Å². The van der Waals surface area contributed by atoms with Crippen LogP contribution >= 0.6 is 0 Å². The van der Waals surface area contributed by atoms with E-state index in [4.69, 9.17) is 9.88 Å². The first-order valence-electron chi connectivity index (χ1n) is 8.14. The number of primary sulfonamides is 1. The maximum Gasteiger partial charge on any atom is 0.338 e. The fourth-order valence-corrected chi connectivity index (χ4v) is 3.15. The van der Waals surface area contributed by atoms with Gasteiger partial charge in [0.15, 0.2) is 6.61 Å². The van der Waals surface area contributed by atoms with Crippen molar-refractivity contribution in [3.05, 3.63) is 59.2 Å². The Morgan fingerprint density at radius 2 is 1.66 bits per heavy atom. The molecule has 0 radical (unpaired) electrons. The minimum atomic E-state index is -3.89. The first-order chi connectivity index (χ1) is 13.6. The van der Waals surface area contributed by atoms with E-state index in [1.165, 1.54) is 37.4 Å². The number of ether oxygens (including phenoxy) is 1. The molecule has 150 valence electrons. The molecule has 2 aromatic rings. The number of imide groups is 1. The molecule has 1 aliphatic rings. The quantitative estimate of drug-likeness (QED) is 0.526. The molecule has 1 heterocycles. The van der Waals surface area contributed by atoms with Gasteiger partial charge < -0.3 is 10.1 Å². The second-order valence-corrected chi connectivity index (χ2v) is 7.68. The summed E-state index contributed by atoms with van der Waals surface area (Å²) in [6, 6.07) is 8.95. The fraction of sp³-hybridized carbons (Fsp3) is 0.111. The number of hydrogen-bond acceptors (Lipinski definition) is 7. The summed E-state index contributed by atoms with van der Waals surface area (Å²) in [5, 5.41) is 7.44. The third-order valence-electron chi connectivity index (χ3n) is 4.13. The predicted molar refractivity (Wildman–Crippen MR) is 99.6 cm³/mol. The van der Waals surface area contributed by atoms with Gasteiger partial charge in [0.2, 0.25) is 10.0 Å². The molecule has 3 N–H and O–H groups in total. The molecule has 2 aromatic carbocycles. The topological polar surface area (TPSA) is 153 Å². The van der Waals surface area contributed by atoms with Gasteiger partial charge in [-0.3, -0.25) is 19.3 Å². The molecule has 0 aromatic heterocycles. The molecule has 0 saturated carbocycles. The Morgan fingerprint density at radius 1 is 1.03 bits per heavy atom. The third-order valence-corrected chi connectivity index (χ3v) is 5.06. The van der Waals surface area contributed by atoms with Gasteiger partial charge in [-0.15, -0.1) is 0 Å². The number of benzene rings is 2. The molecule has 3 rings (SSSR count). The van der Waals surface area contributed by atoms with E-state index in [0.717, 1.165) is 17.0 Å². The number of nitrogens with two attached hydrogens (primary N) is 1. The number of carbonyl (C=O) groups excluding carboxylic acids is 4. The average molecular weight is 417 g/mol. The number of fused-ring (bicyclic) bond motifs is 1. The minimum absolute atomic E-state index is 0.0369. The molecule has 29 heavy (non-hydrogen) atoms. The van der Waals surface area contributed by atoms with Gasteiger partial charge in [0.05, 0.1) is 21.6 Å². The highest BCUT2D eigenvalue weighted by Crippen LogP contribution is 2.24. The maximum atomic E-state index is 12.0. The van der Waals surface area contributed by atoms with E-state index in [1.54, 1.807) is 0 Å². The third kappa shape index (κ3) is 4.15. The van der Waals surface area contributed by atoms with E-state index in [1.807, 2.05) is 0 Å². The summed E-state index contributed by atoms with van der Waals surface area (Å²) in [6.07, 6.45) is 0. The molecule has 3 amide bonds. The van der Waals surface area contributed by atoms with Gasteiger partial charge in [0.25, 0.3) is 17.7 Å². The molecule has 0 bridgehead atoms. The second kappa shape index (κ2) is 7.45. The van der Waals surface area contributed by atoms with Crippen LogP contribution in [0.1, 0.15) is 31.1 Å². The zero-order valence-electron chi connectivity index (χ0n) is 15.0. The first-order valence-corrected chi connectivity index (χ1v) is 9.69. The van der Waals surface area contributed by atoms with Crippen molar-refractivity contribution in [1.82, 2.24) is 4.90 Å². The molecule has 0 unspecified atom stereocenters. The van der Waals surface area contributed by atoms with Crippen molar-refractivity contribution in [1.29, 1.82) is 0 Å². The van der Waals surface area contributed by atoms with Crippen LogP contribution < -0.4 is 10.5 Å². The normalized spacial score (nSPS) is 13.2. The summed E-state index contributed by atoms with van der Waals surface area (Å²) in [5.74, 6) is -2.40. The Kier molecular flexibility index (Phi) is 5.18. The van der Waals surface area contributed by atoms with Crippen molar-refractivity contribution in [2.75, 3.05) is 19.0 Å². The summed E-state index contributed by atoms with van der Waals surface area (Å²) in [6.45, 7) is -0.611. The second-order valence-electron chi connectivity index (χ2n) is 6.12. The van der Waals surface area contributed by atoms with E-state index in [2.05, 4.69) is 5.32 Å². The van der Waals surface area contributed by atoms with E-state index >= 15 is 0 Å². The monoisotopic (exact) mass is 417 g/mol. The summed E-state index contributed by atoms with van der Waals surface area (Å²) in [7, 11) is -2.53. The Balaban J connectivity index is 1.60. The highest BCUT2D eigenvalue weighted by atomic mass is 32.2. The number of nitrogens with one attached hydrogen (secondary N) is 1. The van der Waals surface area contributed by atoms with Crippen molar-refractivity contribution in [3.8, 4) is 0 Å². The van der Waals surface area contributed by atoms with Crippen LogP contribution in [0, 0.1) is 0 Å². The van der Waals surface area contributed by atoms with Crippen molar-refractivity contribution >= 4 is 39.4 Å². The molecule has 0 fully saturated rings. The number of nitrogens with zero attached hydrogens (tertiary/aromatic N) is 1. The van der Waals surface area contributed by atoms with E-state index in [-0.39, 0.29) is 27.3 Å². The zero-order chi connectivity index (χ0) is 21.3. The lowest BCUT2D eigenvalue weighted by Gasteiger charge is -2.08. The highest BCUT2D eigenvalue weighted by Gasteiger charge is 2.32. The van der Waals surface area contributed by atoms with Crippen LogP contribution in [0.3, 0.4) is 0 Å².